The summed E-state index contributed by atoms with van der Waals surface area (Å²) in [6, 6.07) is 6.87. The normalized spacial score (nSPS) is 22.1. The molecule has 1 aromatic carbocycles. The minimum absolute atomic E-state index is 0.116. The molecule has 1 aliphatic heterocycles. The number of carbonyl (C=O) groups excluding carboxylic acids is 1. The van der Waals surface area contributed by atoms with Gasteiger partial charge in [-0.3, -0.25) is 9.69 Å². The second-order valence-corrected chi connectivity index (χ2v) is 5.32. The first-order valence-electron chi connectivity index (χ1n) is 6.26. The Balaban J connectivity index is 2.03. The lowest BCUT2D eigenvalue weighted by atomic mass is 10.0. The molecule has 0 spiro atoms. The number of Topliss-reactive ketones (excluding diaryl/α,β-unsaturated/α-hetero) is 1. The van der Waals surface area contributed by atoms with E-state index in [0.717, 1.165) is 19.5 Å². The van der Waals surface area contributed by atoms with Crippen LogP contribution < -0.4 is 0 Å². The van der Waals surface area contributed by atoms with Crippen molar-refractivity contribution < 1.29 is 9.90 Å². The largest absolute Gasteiger partial charge is 0.396 e. The molecule has 2 rings (SSSR count). The Morgan fingerprint density at radius 1 is 1.50 bits per heavy atom. The van der Waals surface area contributed by atoms with Gasteiger partial charge < -0.3 is 5.11 Å². The lowest BCUT2D eigenvalue weighted by molar-refractivity contribution is 0.0858. The zero-order chi connectivity index (χ0) is 13.1. The van der Waals surface area contributed by atoms with Crippen molar-refractivity contribution in [2.75, 3.05) is 19.7 Å². The van der Waals surface area contributed by atoms with Crippen molar-refractivity contribution in [3.63, 3.8) is 0 Å². The number of hydrogen-bond donors (Lipinski definition) is 1. The maximum Gasteiger partial charge on any atom is 0.179 e. The van der Waals surface area contributed by atoms with Crippen LogP contribution in [0.15, 0.2) is 24.3 Å². The smallest absolute Gasteiger partial charge is 0.179 e. The van der Waals surface area contributed by atoms with E-state index >= 15 is 0 Å². The van der Waals surface area contributed by atoms with Gasteiger partial charge in [-0.2, -0.15) is 0 Å². The Hall–Kier alpha value is -0.900. The van der Waals surface area contributed by atoms with Crippen LogP contribution in [0.5, 0.6) is 0 Å². The van der Waals surface area contributed by atoms with Gasteiger partial charge in [-0.05, 0) is 50.1 Å². The molecule has 1 saturated heterocycles. The predicted molar refractivity (Wildman–Crippen MR) is 72.0 cm³/mol. The number of likely N-dealkylation sites (tertiary alicyclic amines) is 1. The number of hydrogen-bond acceptors (Lipinski definition) is 3. The van der Waals surface area contributed by atoms with Gasteiger partial charge in [0.15, 0.2) is 5.78 Å². The van der Waals surface area contributed by atoms with Gasteiger partial charge in [-0.25, -0.2) is 0 Å². The van der Waals surface area contributed by atoms with E-state index in [1.807, 2.05) is 6.92 Å². The molecule has 0 radical (unpaired) electrons. The van der Waals surface area contributed by atoms with E-state index in [-0.39, 0.29) is 18.4 Å². The Kier molecular flexibility index (Phi) is 4.38. The Morgan fingerprint density at radius 3 is 2.72 bits per heavy atom. The van der Waals surface area contributed by atoms with E-state index in [4.69, 9.17) is 16.7 Å². The molecule has 4 heteroatoms. The SMILES string of the molecule is CC(C(=O)c1ccc(Cl)cc1)N1CCC(CO)C1. The fourth-order valence-electron chi connectivity index (χ4n) is 2.38. The van der Waals surface area contributed by atoms with Crippen molar-refractivity contribution in [3.8, 4) is 0 Å². The summed E-state index contributed by atoms with van der Waals surface area (Å²) in [5.41, 5.74) is 0.694. The molecule has 1 heterocycles. The van der Waals surface area contributed by atoms with Gasteiger partial charge in [0.25, 0.3) is 0 Å². The first kappa shape index (κ1) is 13.5. The van der Waals surface area contributed by atoms with Crippen LogP contribution in [0, 0.1) is 5.92 Å². The van der Waals surface area contributed by atoms with E-state index in [2.05, 4.69) is 4.90 Å². The molecule has 2 atom stereocenters. The summed E-state index contributed by atoms with van der Waals surface area (Å²) in [5, 5.41) is 9.77. The molecule has 18 heavy (non-hydrogen) atoms. The maximum atomic E-state index is 12.3. The highest BCUT2D eigenvalue weighted by atomic mass is 35.5. The van der Waals surface area contributed by atoms with Crippen LogP contribution in [0.3, 0.4) is 0 Å². The van der Waals surface area contributed by atoms with Crippen molar-refractivity contribution in [2.45, 2.75) is 19.4 Å². The first-order valence-corrected chi connectivity index (χ1v) is 6.64. The van der Waals surface area contributed by atoms with E-state index in [1.54, 1.807) is 24.3 Å². The zero-order valence-corrected chi connectivity index (χ0v) is 11.2. The summed E-state index contributed by atoms with van der Waals surface area (Å²) in [7, 11) is 0. The van der Waals surface area contributed by atoms with Crippen LogP contribution in [0.1, 0.15) is 23.7 Å². The number of halogens is 1. The summed E-state index contributed by atoms with van der Waals surface area (Å²) in [6.45, 7) is 3.82. The number of carbonyl (C=O) groups is 1. The predicted octanol–water partition coefficient (Wildman–Crippen LogP) is 2.23. The second-order valence-electron chi connectivity index (χ2n) is 4.88. The van der Waals surface area contributed by atoms with Gasteiger partial charge in [0, 0.05) is 23.7 Å². The summed E-state index contributed by atoms with van der Waals surface area (Å²) in [5.74, 6) is 0.427. The maximum absolute atomic E-state index is 12.3. The lowest BCUT2D eigenvalue weighted by Crippen LogP contribution is -2.37. The van der Waals surface area contributed by atoms with Crippen molar-refractivity contribution in [1.82, 2.24) is 4.90 Å². The van der Waals surface area contributed by atoms with Gasteiger partial charge >= 0.3 is 0 Å². The van der Waals surface area contributed by atoms with Gasteiger partial charge in [0.2, 0.25) is 0 Å². The number of rotatable bonds is 4. The molecule has 1 fully saturated rings. The molecule has 98 valence electrons. The topological polar surface area (TPSA) is 40.5 Å². The average Bonchev–Trinajstić information content (AvgIpc) is 2.86. The van der Waals surface area contributed by atoms with Crippen LogP contribution in [0.25, 0.3) is 0 Å². The summed E-state index contributed by atoms with van der Waals surface area (Å²) in [4.78, 5) is 14.4. The van der Waals surface area contributed by atoms with Crippen molar-refractivity contribution in [2.24, 2.45) is 5.92 Å². The van der Waals surface area contributed by atoms with E-state index in [1.165, 1.54) is 0 Å². The minimum Gasteiger partial charge on any atom is -0.396 e. The summed E-state index contributed by atoms with van der Waals surface area (Å²) < 4.78 is 0. The molecule has 3 nitrogen and oxygen atoms in total. The fourth-order valence-corrected chi connectivity index (χ4v) is 2.51. The standard InChI is InChI=1S/C14H18ClNO2/c1-10(16-7-6-11(8-16)9-17)14(18)12-2-4-13(15)5-3-12/h2-5,10-11,17H,6-9H2,1H3. The number of ketones is 1. The second kappa shape index (κ2) is 5.83. The molecule has 0 bridgehead atoms. The number of benzene rings is 1. The molecule has 1 aliphatic rings. The lowest BCUT2D eigenvalue weighted by Gasteiger charge is -2.23. The average molecular weight is 268 g/mol. The van der Waals surface area contributed by atoms with Gasteiger partial charge in [0.1, 0.15) is 0 Å². The van der Waals surface area contributed by atoms with E-state index in [9.17, 15) is 4.79 Å². The molecule has 1 N–H and O–H groups in total. The molecule has 0 amide bonds. The molecule has 1 aromatic rings. The first-order chi connectivity index (χ1) is 8.61. The molecular formula is C14H18ClNO2. The van der Waals surface area contributed by atoms with Crippen LogP contribution in [-0.4, -0.2) is 41.5 Å². The van der Waals surface area contributed by atoms with Gasteiger partial charge in [0.05, 0.1) is 6.04 Å². The third kappa shape index (κ3) is 2.91. The van der Waals surface area contributed by atoms with E-state index < -0.39 is 0 Å². The van der Waals surface area contributed by atoms with Gasteiger partial charge in [-0.1, -0.05) is 11.6 Å². The molecule has 0 saturated carbocycles. The molecule has 0 aromatic heterocycles. The molecular weight excluding hydrogens is 250 g/mol. The third-order valence-electron chi connectivity index (χ3n) is 3.63. The summed E-state index contributed by atoms with van der Waals surface area (Å²) in [6.07, 6.45) is 0.967. The third-order valence-corrected chi connectivity index (χ3v) is 3.88. The Labute approximate surface area is 112 Å². The zero-order valence-electron chi connectivity index (χ0n) is 10.5. The van der Waals surface area contributed by atoms with Crippen LogP contribution in [0.4, 0.5) is 0 Å². The summed E-state index contributed by atoms with van der Waals surface area (Å²) >= 11 is 5.81. The molecule has 2 unspecified atom stereocenters. The number of nitrogens with zero attached hydrogens (tertiary/aromatic N) is 1. The molecule has 0 aliphatic carbocycles. The fraction of sp³-hybridized carbons (Fsp3) is 0.500. The monoisotopic (exact) mass is 267 g/mol. The van der Waals surface area contributed by atoms with Crippen molar-refractivity contribution in [3.05, 3.63) is 34.9 Å². The van der Waals surface area contributed by atoms with Crippen molar-refractivity contribution in [1.29, 1.82) is 0 Å². The highest BCUT2D eigenvalue weighted by Gasteiger charge is 2.29. The van der Waals surface area contributed by atoms with Crippen LogP contribution in [-0.2, 0) is 0 Å². The van der Waals surface area contributed by atoms with E-state index in [0.29, 0.717) is 16.5 Å². The van der Waals surface area contributed by atoms with Crippen LogP contribution in [0.2, 0.25) is 5.02 Å². The van der Waals surface area contributed by atoms with Gasteiger partial charge in [-0.15, -0.1) is 0 Å². The van der Waals surface area contributed by atoms with Crippen LogP contribution >= 0.6 is 11.6 Å². The quantitative estimate of drug-likeness (QED) is 0.851. The number of aliphatic hydroxyl groups is 1. The number of aliphatic hydroxyl groups excluding tert-OH is 1. The highest BCUT2D eigenvalue weighted by molar-refractivity contribution is 6.30. The van der Waals surface area contributed by atoms with Crippen molar-refractivity contribution >= 4 is 17.4 Å². The Bertz CT molecular complexity index is 418. The minimum atomic E-state index is -0.136. The highest BCUT2D eigenvalue weighted by Crippen LogP contribution is 2.20. The Morgan fingerprint density at radius 2 is 2.17 bits per heavy atom.